The van der Waals surface area contributed by atoms with Crippen LogP contribution in [0.15, 0.2) is 54.7 Å². The van der Waals surface area contributed by atoms with Crippen molar-refractivity contribution in [3.8, 4) is 11.3 Å². The molecule has 0 spiro atoms. The van der Waals surface area contributed by atoms with Gasteiger partial charge in [-0.25, -0.2) is 0 Å². The van der Waals surface area contributed by atoms with E-state index in [0.29, 0.717) is 11.4 Å². The predicted molar refractivity (Wildman–Crippen MR) is 106 cm³/mol. The van der Waals surface area contributed by atoms with E-state index >= 15 is 0 Å². The Bertz CT molecular complexity index is 1130. The van der Waals surface area contributed by atoms with Crippen molar-refractivity contribution in [3.63, 3.8) is 0 Å². The second-order valence-corrected chi connectivity index (χ2v) is 7.07. The van der Waals surface area contributed by atoms with Gasteiger partial charge in [0.1, 0.15) is 17.9 Å². The largest absolute Gasteiger partial charge is 0.433 e. The Kier molecular flexibility index (Phi) is 5.22. The third-order valence-corrected chi connectivity index (χ3v) is 5.02. The molecule has 10 heteroatoms. The molecule has 1 aliphatic heterocycles. The van der Waals surface area contributed by atoms with Crippen molar-refractivity contribution in [1.29, 1.82) is 0 Å². The molecule has 0 bridgehead atoms. The van der Waals surface area contributed by atoms with Crippen molar-refractivity contribution in [2.75, 3.05) is 24.5 Å². The molecule has 160 valence electrons. The molecule has 1 aliphatic rings. The number of piperazine rings is 1. The maximum atomic E-state index is 13.0. The highest BCUT2D eigenvalue weighted by Gasteiger charge is 2.35. The highest BCUT2D eigenvalue weighted by atomic mass is 19.4. The van der Waals surface area contributed by atoms with Crippen LogP contribution in [-0.2, 0) is 18.0 Å². The van der Waals surface area contributed by atoms with Crippen molar-refractivity contribution in [2.24, 2.45) is 7.05 Å². The van der Waals surface area contributed by atoms with E-state index < -0.39 is 17.8 Å². The number of carbonyl (C=O) groups excluding carboxylic acids is 2. The summed E-state index contributed by atoms with van der Waals surface area (Å²) < 4.78 is 40.2. The number of nitrogens with zero attached hydrogens (tertiary/aromatic N) is 5. The SMILES string of the molecule is Cn1nc(-c2ccccc2)cc1C(=O)N1CCN(c2ccnc(C(F)(F)F)c2)C(=O)C1. The number of hydrogen-bond donors (Lipinski definition) is 0. The van der Waals surface area contributed by atoms with Gasteiger partial charge in [-0.1, -0.05) is 30.3 Å². The third-order valence-electron chi connectivity index (χ3n) is 5.02. The topological polar surface area (TPSA) is 71.3 Å². The minimum atomic E-state index is -4.60. The van der Waals surface area contributed by atoms with E-state index in [1.165, 1.54) is 20.5 Å². The molecule has 1 fully saturated rings. The van der Waals surface area contributed by atoms with Gasteiger partial charge in [0, 0.05) is 37.6 Å². The van der Waals surface area contributed by atoms with E-state index in [1.54, 1.807) is 13.1 Å². The van der Waals surface area contributed by atoms with Gasteiger partial charge in [-0.05, 0) is 18.2 Å². The van der Waals surface area contributed by atoms with Crippen LogP contribution < -0.4 is 4.90 Å². The van der Waals surface area contributed by atoms with Crippen LogP contribution in [-0.4, -0.2) is 51.1 Å². The number of halogens is 3. The van der Waals surface area contributed by atoms with Gasteiger partial charge < -0.3 is 9.80 Å². The van der Waals surface area contributed by atoms with Crippen molar-refractivity contribution >= 4 is 17.5 Å². The molecule has 1 aromatic carbocycles. The third kappa shape index (κ3) is 4.14. The number of hydrogen-bond acceptors (Lipinski definition) is 4. The molecule has 0 unspecified atom stereocenters. The molecule has 4 rings (SSSR count). The number of aromatic nitrogens is 3. The molecule has 0 radical (unpaired) electrons. The van der Waals surface area contributed by atoms with Gasteiger partial charge in [0.25, 0.3) is 5.91 Å². The van der Waals surface area contributed by atoms with Gasteiger partial charge in [-0.2, -0.15) is 18.3 Å². The minimum Gasteiger partial charge on any atom is -0.326 e. The van der Waals surface area contributed by atoms with Crippen LogP contribution in [0.2, 0.25) is 0 Å². The van der Waals surface area contributed by atoms with Gasteiger partial charge in [0.05, 0.1) is 5.69 Å². The molecule has 3 aromatic rings. The van der Waals surface area contributed by atoms with Gasteiger partial charge in [-0.3, -0.25) is 19.3 Å². The second kappa shape index (κ2) is 7.86. The van der Waals surface area contributed by atoms with Crippen molar-refractivity contribution in [1.82, 2.24) is 19.7 Å². The van der Waals surface area contributed by atoms with E-state index in [4.69, 9.17) is 0 Å². The Hall–Kier alpha value is -3.69. The Morgan fingerprint density at radius 3 is 2.48 bits per heavy atom. The first kappa shape index (κ1) is 20.6. The summed E-state index contributed by atoms with van der Waals surface area (Å²) in [6.45, 7) is 0.0176. The molecule has 1 saturated heterocycles. The lowest BCUT2D eigenvalue weighted by molar-refractivity contribution is -0.141. The van der Waals surface area contributed by atoms with Crippen molar-refractivity contribution < 1.29 is 22.8 Å². The molecule has 0 atom stereocenters. The van der Waals surface area contributed by atoms with Crippen LogP contribution in [0.4, 0.5) is 18.9 Å². The average Bonchev–Trinajstić information content (AvgIpc) is 3.15. The molecule has 3 heterocycles. The molecule has 2 aromatic heterocycles. The van der Waals surface area contributed by atoms with Crippen LogP contribution in [0.25, 0.3) is 11.3 Å². The number of anilines is 1. The zero-order chi connectivity index (χ0) is 22.2. The Morgan fingerprint density at radius 2 is 1.81 bits per heavy atom. The summed E-state index contributed by atoms with van der Waals surface area (Å²) >= 11 is 0. The summed E-state index contributed by atoms with van der Waals surface area (Å²) in [6.07, 6.45) is -3.59. The lowest BCUT2D eigenvalue weighted by Gasteiger charge is -2.34. The molecule has 0 aliphatic carbocycles. The summed E-state index contributed by atoms with van der Waals surface area (Å²) in [6, 6.07) is 13.2. The molecule has 2 amide bonds. The number of rotatable bonds is 3. The standard InChI is InChI=1S/C21H18F3N5O2/c1-27-17(12-16(26-27)14-5-3-2-4-6-14)20(31)28-9-10-29(19(30)13-28)15-7-8-25-18(11-15)21(22,23)24/h2-8,11-12H,9-10,13H2,1H3. The maximum absolute atomic E-state index is 13.0. The van der Waals surface area contributed by atoms with Crippen LogP contribution in [0.5, 0.6) is 0 Å². The number of alkyl halides is 3. The zero-order valence-electron chi connectivity index (χ0n) is 16.5. The van der Waals surface area contributed by atoms with Crippen LogP contribution >= 0.6 is 0 Å². The molecule has 31 heavy (non-hydrogen) atoms. The lowest BCUT2D eigenvalue weighted by Crippen LogP contribution is -2.52. The molecular formula is C21H18F3N5O2. The summed E-state index contributed by atoms with van der Waals surface area (Å²) in [5, 5.41) is 4.37. The lowest BCUT2D eigenvalue weighted by atomic mass is 10.1. The van der Waals surface area contributed by atoms with E-state index in [2.05, 4.69) is 10.1 Å². The summed E-state index contributed by atoms with van der Waals surface area (Å²) in [5.41, 5.74) is 0.846. The number of amides is 2. The predicted octanol–water partition coefficient (Wildman–Crippen LogP) is 2.99. The van der Waals surface area contributed by atoms with E-state index in [9.17, 15) is 22.8 Å². The molecule has 0 saturated carbocycles. The molecular weight excluding hydrogens is 411 g/mol. The fourth-order valence-electron chi connectivity index (χ4n) is 3.44. The highest BCUT2D eigenvalue weighted by Crippen LogP contribution is 2.30. The highest BCUT2D eigenvalue weighted by molar-refractivity contribution is 6.01. The normalized spacial score (nSPS) is 14.8. The number of carbonyl (C=O) groups is 2. The summed E-state index contributed by atoms with van der Waals surface area (Å²) in [5.74, 6) is -0.833. The smallest absolute Gasteiger partial charge is 0.326 e. The van der Waals surface area contributed by atoms with Gasteiger partial charge in [-0.15, -0.1) is 0 Å². The molecule has 0 N–H and O–H groups in total. The maximum Gasteiger partial charge on any atom is 0.433 e. The molecule has 7 nitrogen and oxygen atoms in total. The van der Waals surface area contributed by atoms with Crippen LogP contribution in [0, 0.1) is 0 Å². The first-order valence-corrected chi connectivity index (χ1v) is 9.46. The summed E-state index contributed by atoms with van der Waals surface area (Å²) in [4.78, 5) is 31.5. The number of pyridine rings is 1. The van der Waals surface area contributed by atoms with Gasteiger partial charge in [0.2, 0.25) is 5.91 Å². The first-order chi connectivity index (χ1) is 14.7. The van der Waals surface area contributed by atoms with E-state index in [1.807, 2.05) is 30.3 Å². The van der Waals surface area contributed by atoms with E-state index in [-0.39, 0.29) is 31.2 Å². The van der Waals surface area contributed by atoms with Gasteiger partial charge in [0.15, 0.2) is 0 Å². The fourth-order valence-corrected chi connectivity index (χ4v) is 3.44. The monoisotopic (exact) mass is 429 g/mol. The van der Waals surface area contributed by atoms with Crippen molar-refractivity contribution in [3.05, 3.63) is 66.1 Å². The summed E-state index contributed by atoms with van der Waals surface area (Å²) in [7, 11) is 1.65. The zero-order valence-corrected chi connectivity index (χ0v) is 16.5. The Morgan fingerprint density at radius 1 is 1.06 bits per heavy atom. The van der Waals surface area contributed by atoms with Crippen molar-refractivity contribution in [2.45, 2.75) is 6.18 Å². The quantitative estimate of drug-likeness (QED) is 0.642. The minimum absolute atomic E-state index is 0.0786. The van der Waals surface area contributed by atoms with E-state index in [0.717, 1.165) is 17.8 Å². The second-order valence-electron chi connectivity index (χ2n) is 7.07. The Balaban J connectivity index is 1.50. The number of benzene rings is 1. The fraction of sp³-hybridized carbons (Fsp3) is 0.238. The number of aryl methyl sites for hydroxylation is 1. The van der Waals surface area contributed by atoms with Crippen LogP contribution in [0.3, 0.4) is 0 Å². The Labute approximate surface area is 175 Å². The average molecular weight is 429 g/mol. The van der Waals surface area contributed by atoms with Gasteiger partial charge >= 0.3 is 6.18 Å². The van der Waals surface area contributed by atoms with Crippen LogP contribution in [0.1, 0.15) is 16.2 Å². The first-order valence-electron chi connectivity index (χ1n) is 9.46.